The van der Waals surface area contributed by atoms with Crippen LogP contribution in [-0.4, -0.2) is 5.11 Å². The van der Waals surface area contributed by atoms with Crippen LogP contribution in [0.15, 0.2) is 16.5 Å². The number of nitriles is 1. The van der Waals surface area contributed by atoms with E-state index in [4.69, 9.17) is 4.42 Å². The van der Waals surface area contributed by atoms with E-state index in [1.54, 1.807) is 0 Å². The first-order valence-corrected chi connectivity index (χ1v) is 6.35. The van der Waals surface area contributed by atoms with Crippen molar-refractivity contribution in [3.63, 3.8) is 0 Å². The van der Waals surface area contributed by atoms with Crippen molar-refractivity contribution in [3.05, 3.63) is 23.7 Å². The smallest absolute Gasteiger partial charge is 0.134 e. The molecule has 3 nitrogen and oxygen atoms in total. The number of aliphatic hydroxyl groups is 1. The SMILES string of the molecule is CC1CC1c1ccc(C(O)C2(C#N)CCC2)o1. The van der Waals surface area contributed by atoms with Crippen molar-refractivity contribution in [1.29, 1.82) is 5.26 Å². The van der Waals surface area contributed by atoms with E-state index in [0.29, 0.717) is 17.6 Å². The van der Waals surface area contributed by atoms with Crippen LogP contribution in [0, 0.1) is 22.7 Å². The van der Waals surface area contributed by atoms with E-state index in [-0.39, 0.29) is 0 Å². The summed E-state index contributed by atoms with van der Waals surface area (Å²) >= 11 is 0. The fourth-order valence-corrected chi connectivity index (χ4v) is 2.71. The number of aliphatic hydroxyl groups excluding tert-OH is 1. The largest absolute Gasteiger partial charge is 0.463 e. The van der Waals surface area contributed by atoms with Gasteiger partial charge in [-0.25, -0.2) is 0 Å². The third-order valence-corrected chi connectivity index (χ3v) is 4.38. The molecule has 2 aliphatic rings. The van der Waals surface area contributed by atoms with Gasteiger partial charge in [0.1, 0.15) is 17.6 Å². The molecule has 1 aromatic rings. The molecule has 3 rings (SSSR count). The monoisotopic (exact) mass is 231 g/mol. The molecule has 0 aromatic carbocycles. The van der Waals surface area contributed by atoms with Gasteiger partial charge in [-0.2, -0.15) is 5.26 Å². The number of hydrogen-bond donors (Lipinski definition) is 1. The lowest BCUT2D eigenvalue weighted by molar-refractivity contribution is -0.00696. The van der Waals surface area contributed by atoms with Crippen LogP contribution in [0.1, 0.15) is 56.1 Å². The zero-order valence-electron chi connectivity index (χ0n) is 10.0. The fraction of sp³-hybridized carbons (Fsp3) is 0.643. The Hall–Kier alpha value is -1.27. The van der Waals surface area contributed by atoms with Gasteiger partial charge in [-0.3, -0.25) is 0 Å². The molecular weight excluding hydrogens is 214 g/mol. The van der Waals surface area contributed by atoms with Gasteiger partial charge < -0.3 is 9.52 Å². The summed E-state index contributed by atoms with van der Waals surface area (Å²) < 4.78 is 5.72. The lowest BCUT2D eigenvalue weighted by atomic mass is 9.65. The van der Waals surface area contributed by atoms with Gasteiger partial charge in [0, 0.05) is 5.92 Å². The van der Waals surface area contributed by atoms with E-state index in [1.807, 2.05) is 12.1 Å². The van der Waals surface area contributed by atoms with Gasteiger partial charge in [0.05, 0.1) is 11.5 Å². The maximum Gasteiger partial charge on any atom is 0.134 e. The lowest BCUT2D eigenvalue weighted by Gasteiger charge is -2.38. The zero-order valence-corrected chi connectivity index (χ0v) is 10.0. The number of furan rings is 1. The van der Waals surface area contributed by atoms with Gasteiger partial charge >= 0.3 is 0 Å². The summed E-state index contributed by atoms with van der Waals surface area (Å²) in [7, 11) is 0. The average Bonchev–Trinajstić information content (AvgIpc) is 2.80. The molecule has 90 valence electrons. The molecule has 3 unspecified atom stereocenters. The van der Waals surface area contributed by atoms with E-state index in [2.05, 4.69) is 13.0 Å². The van der Waals surface area contributed by atoms with E-state index >= 15 is 0 Å². The van der Waals surface area contributed by atoms with Crippen LogP contribution in [-0.2, 0) is 0 Å². The molecule has 0 aliphatic heterocycles. The second-order valence-electron chi connectivity index (χ2n) is 5.58. The molecular formula is C14H17NO2. The molecule has 2 fully saturated rings. The minimum absolute atomic E-state index is 0.523. The summed E-state index contributed by atoms with van der Waals surface area (Å²) in [5.74, 6) is 2.76. The summed E-state index contributed by atoms with van der Waals surface area (Å²) in [5, 5.41) is 19.4. The van der Waals surface area contributed by atoms with Crippen molar-refractivity contribution in [1.82, 2.24) is 0 Å². The van der Waals surface area contributed by atoms with Gasteiger partial charge in [-0.15, -0.1) is 0 Å². The van der Waals surface area contributed by atoms with Gasteiger partial charge in [-0.05, 0) is 37.3 Å². The fourth-order valence-electron chi connectivity index (χ4n) is 2.71. The summed E-state index contributed by atoms with van der Waals surface area (Å²) in [5.41, 5.74) is -0.593. The minimum atomic E-state index is -0.760. The van der Waals surface area contributed by atoms with Gasteiger partial charge in [0.2, 0.25) is 0 Å². The summed E-state index contributed by atoms with van der Waals surface area (Å²) in [4.78, 5) is 0. The molecule has 0 saturated heterocycles. The van der Waals surface area contributed by atoms with Crippen molar-refractivity contribution in [2.75, 3.05) is 0 Å². The Kier molecular flexibility index (Phi) is 2.31. The number of nitrogens with zero attached hydrogens (tertiary/aromatic N) is 1. The molecule has 0 amide bonds. The highest BCUT2D eigenvalue weighted by molar-refractivity contribution is 5.22. The average molecular weight is 231 g/mol. The van der Waals surface area contributed by atoms with Crippen LogP contribution < -0.4 is 0 Å². The highest BCUT2D eigenvalue weighted by Crippen LogP contribution is 2.52. The van der Waals surface area contributed by atoms with Crippen molar-refractivity contribution in [3.8, 4) is 6.07 Å². The predicted molar refractivity (Wildman–Crippen MR) is 62.1 cm³/mol. The van der Waals surface area contributed by atoms with Crippen molar-refractivity contribution < 1.29 is 9.52 Å². The molecule has 17 heavy (non-hydrogen) atoms. The molecule has 1 aromatic heterocycles. The standard InChI is InChI=1S/C14H17NO2/c1-9-7-10(9)11-3-4-12(17-11)13(16)14(8-15)5-2-6-14/h3-4,9-10,13,16H,2,5-7H2,1H3. The lowest BCUT2D eigenvalue weighted by Crippen LogP contribution is -2.34. The highest BCUT2D eigenvalue weighted by Gasteiger charge is 2.46. The second kappa shape index (κ2) is 3.61. The maximum absolute atomic E-state index is 10.3. The predicted octanol–water partition coefficient (Wildman–Crippen LogP) is 3.13. The molecule has 3 heteroatoms. The van der Waals surface area contributed by atoms with Crippen LogP contribution in [0.4, 0.5) is 0 Å². The van der Waals surface area contributed by atoms with E-state index in [1.165, 1.54) is 6.42 Å². The van der Waals surface area contributed by atoms with Crippen LogP contribution in [0.25, 0.3) is 0 Å². The minimum Gasteiger partial charge on any atom is -0.463 e. The first-order valence-electron chi connectivity index (χ1n) is 6.35. The molecule has 3 atom stereocenters. The summed E-state index contributed by atoms with van der Waals surface area (Å²) in [6.45, 7) is 2.20. The van der Waals surface area contributed by atoms with Crippen LogP contribution >= 0.6 is 0 Å². The molecule has 1 heterocycles. The quantitative estimate of drug-likeness (QED) is 0.869. The van der Waals surface area contributed by atoms with Gasteiger partial charge in [0.25, 0.3) is 0 Å². The van der Waals surface area contributed by atoms with Crippen molar-refractivity contribution >= 4 is 0 Å². The Morgan fingerprint density at radius 2 is 2.24 bits per heavy atom. The zero-order chi connectivity index (χ0) is 12.0. The van der Waals surface area contributed by atoms with Crippen molar-refractivity contribution in [2.45, 2.75) is 44.6 Å². The first-order chi connectivity index (χ1) is 8.16. The van der Waals surface area contributed by atoms with E-state index in [9.17, 15) is 10.4 Å². The maximum atomic E-state index is 10.3. The molecule has 1 N–H and O–H groups in total. The Labute approximate surface area is 101 Å². The normalized spacial score (nSPS) is 31.4. The molecule has 2 aliphatic carbocycles. The molecule has 2 saturated carbocycles. The third-order valence-electron chi connectivity index (χ3n) is 4.38. The Bertz CT molecular complexity index is 467. The first kappa shape index (κ1) is 10.9. The topological polar surface area (TPSA) is 57.2 Å². The van der Waals surface area contributed by atoms with Crippen LogP contribution in [0.5, 0.6) is 0 Å². The summed E-state index contributed by atoms with van der Waals surface area (Å²) in [6.07, 6.45) is 3.00. The van der Waals surface area contributed by atoms with Gasteiger partial charge in [0.15, 0.2) is 0 Å². The van der Waals surface area contributed by atoms with Crippen LogP contribution in [0.2, 0.25) is 0 Å². The second-order valence-corrected chi connectivity index (χ2v) is 5.58. The third kappa shape index (κ3) is 1.59. The molecule has 0 bridgehead atoms. The highest BCUT2D eigenvalue weighted by atomic mass is 16.4. The number of hydrogen-bond acceptors (Lipinski definition) is 3. The number of rotatable bonds is 3. The van der Waals surface area contributed by atoms with E-state index in [0.717, 1.165) is 25.0 Å². The Morgan fingerprint density at radius 3 is 2.71 bits per heavy atom. The molecule has 0 spiro atoms. The molecule has 0 radical (unpaired) electrons. The van der Waals surface area contributed by atoms with E-state index < -0.39 is 11.5 Å². The van der Waals surface area contributed by atoms with Crippen LogP contribution in [0.3, 0.4) is 0 Å². The summed E-state index contributed by atoms with van der Waals surface area (Å²) in [6, 6.07) is 6.06. The van der Waals surface area contributed by atoms with Crippen molar-refractivity contribution in [2.24, 2.45) is 11.3 Å². The van der Waals surface area contributed by atoms with Gasteiger partial charge in [-0.1, -0.05) is 13.3 Å². The Morgan fingerprint density at radius 1 is 1.53 bits per heavy atom. The Balaban J connectivity index is 1.80.